The highest BCUT2D eigenvalue weighted by atomic mass is 16.6. The molecule has 0 bridgehead atoms. The van der Waals surface area contributed by atoms with E-state index in [2.05, 4.69) is 5.32 Å². The number of ether oxygens (including phenoxy) is 1. The summed E-state index contributed by atoms with van der Waals surface area (Å²) in [6.07, 6.45) is 0.560. The van der Waals surface area contributed by atoms with Gasteiger partial charge in [-0.05, 0) is 20.8 Å². The lowest BCUT2D eigenvalue weighted by Gasteiger charge is -2.36. The van der Waals surface area contributed by atoms with Crippen molar-refractivity contribution in [3.63, 3.8) is 0 Å². The Hall–Kier alpha value is -1.76. The number of carboxylic acids is 1. The van der Waals surface area contributed by atoms with Crippen molar-refractivity contribution in [2.45, 2.75) is 32.5 Å². The fourth-order valence-electron chi connectivity index (χ4n) is 2.16. The van der Waals surface area contributed by atoms with Crippen molar-refractivity contribution in [3.8, 4) is 0 Å². The summed E-state index contributed by atoms with van der Waals surface area (Å²) in [5.41, 5.74) is -0.695. The van der Waals surface area contributed by atoms with Crippen molar-refractivity contribution in [2.24, 2.45) is 0 Å². The van der Waals surface area contributed by atoms with Crippen LogP contribution in [0.25, 0.3) is 0 Å². The van der Waals surface area contributed by atoms with Crippen LogP contribution in [-0.2, 0) is 9.53 Å². The topological polar surface area (TPSA) is 82.1 Å². The van der Waals surface area contributed by atoms with Crippen LogP contribution >= 0.6 is 0 Å². The van der Waals surface area contributed by atoms with Crippen LogP contribution in [-0.4, -0.2) is 58.4 Å². The van der Waals surface area contributed by atoms with Crippen LogP contribution in [0.2, 0.25) is 0 Å². The Balaban J connectivity index is 2.22. The van der Waals surface area contributed by atoms with Crippen LogP contribution in [0, 0.1) is 0 Å². The number of amides is 1. The number of hydrogen-bond donors (Lipinski definition) is 2. The molecule has 0 aromatic heterocycles. The lowest BCUT2D eigenvalue weighted by Crippen LogP contribution is -2.55. The summed E-state index contributed by atoms with van der Waals surface area (Å²) in [5, 5.41) is 12.4. The summed E-state index contributed by atoms with van der Waals surface area (Å²) in [6.45, 7) is 7.21. The molecule has 1 saturated heterocycles. The van der Waals surface area contributed by atoms with Gasteiger partial charge in [-0.25, -0.2) is 14.5 Å². The van der Waals surface area contributed by atoms with E-state index in [0.717, 1.165) is 6.54 Å². The first-order valence-corrected chi connectivity index (χ1v) is 6.23. The number of nitrogens with one attached hydrogen (secondary N) is 1. The van der Waals surface area contributed by atoms with Crippen molar-refractivity contribution in [2.75, 3.05) is 19.6 Å². The second-order valence-corrected chi connectivity index (χ2v) is 5.59. The Bertz CT molecular complexity index is 427. The molecule has 0 spiro atoms. The molecule has 2 heterocycles. The van der Waals surface area contributed by atoms with Gasteiger partial charge in [-0.3, -0.25) is 0 Å². The minimum absolute atomic E-state index is 0.0389. The van der Waals surface area contributed by atoms with E-state index in [9.17, 15) is 14.7 Å². The molecule has 0 radical (unpaired) electrons. The van der Waals surface area contributed by atoms with Crippen LogP contribution < -0.4 is 5.32 Å². The van der Waals surface area contributed by atoms with Gasteiger partial charge in [-0.2, -0.15) is 0 Å². The third-order valence-corrected chi connectivity index (χ3v) is 2.91. The maximum Gasteiger partial charge on any atom is 0.416 e. The fourth-order valence-corrected chi connectivity index (χ4v) is 2.16. The Morgan fingerprint density at radius 2 is 2.16 bits per heavy atom. The summed E-state index contributed by atoms with van der Waals surface area (Å²) in [4.78, 5) is 26.5. The molecule has 0 saturated carbocycles. The molecule has 2 aliphatic heterocycles. The van der Waals surface area contributed by atoms with Crippen LogP contribution in [0.4, 0.5) is 4.79 Å². The smallest absolute Gasteiger partial charge is 0.416 e. The van der Waals surface area contributed by atoms with E-state index in [4.69, 9.17) is 4.74 Å². The van der Waals surface area contributed by atoms with E-state index >= 15 is 0 Å². The van der Waals surface area contributed by atoms with Crippen LogP contribution in [0.3, 0.4) is 0 Å². The standard InChI is InChI=1S/C12H19N3O4/c1-12(2,3)19-11(18)15-8(10(16)17)7-14-5-4-13-6-9(14)15/h7,9,13H,4-6H2,1-3H3,(H,16,17). The van der Waals surface area contributed by atoms with Crippen molar-refractivity contribution in [1.29, 1.82) is 0 Å². The Morgan fingerprint density at radius 3 is 2.74 bits per heavy atom. The minimum Gasteiger partial charge on any atom is -0.477 e. The van der Waals surface area contributed by atoms with Crippen molar-refractivity contribution < 1.29 is 19.4 Å². The summed E-state index contributed by atoms with van der Waals surface area (Å²) in [5.74, 6) is -1.12. The van der Waals surface area contributed by atoms with Gasteiger partial charge in [-0.15, -0.1) is 0 Å². The van der Waals surface area contributed by atoms with Crippen molar-refractivity contribution in [1.82, 2.24) is 15.1 Å². The molecular weight excluding hydrogens is 250 g/mol. The maximum atomic E-state index is 12.2. The number of rotatable bonds is 1. The Morgan fingerprint density at radius 1 is 1.47 bits per heavy atom. The maximum absolute atomic E-state index is 12.2. The number of carbonyl (C=O) groups is 2. The molecule has 106 valence electrons. The summed E-state index contributed by atoms with van der Waals surface area (Å²) in [7, 11) is 0. The summed E-state index contributed by atoms with van der Waals surface area (Å²) in [6, 6.07) is 0. The molecule has 2 aliphatic rings. The Kier molecular flexibility index (Phi) is 3.40. The van der Waals surface area contributed by atoms with E-state index in [-0.39, 0.29) is 11.9 Å². The van der Waals surface area contributed by atoms with Gasteiger partial charge in [0.2, 0.25) is 0 Å². The number of carboxylic acid groups (broad SMARTS) is 1. The fraction of sp³-hybridized carbons (Fsp3) is 0.667. The van der Waals surface area contributed by atoms with Crippen LogP contribution in [0.5, 0.6) is 0 Å². The predicted molar refractivity (Wildman–Crippen MR) is 67.2 cm³/mol. The first-order chi connectivity index (χ1) is 8.79. The highest BCUT2D eigenvalue weighted by molar-refractivity contribution is 5.91. The quantitative estimate of drug-likeness (QED) is 0.717. The van der Waals surface area contributed by atoms with Crippen LogP contribution in [0.1, 0.15) is 20.8 Å². The molecule has 0 aromatic carbocycles. The SMILES string of the molecule is CC(C)(C)OC(=O)N1C(C(=O)O)=CN2CCNCC21. The van der Waals surface area contributed by atoms with Gasteiger partial charge in [0.15, 0.2) is 5.70 Å². The van der Waals surface area contributed by atoms with Crippen LogP contribution in [0.15, 0.2) is 11.9 Å². The highest BCUT2D eigenvalue weighted by Gasteiger charge is 2.42. The second kappa shape index (κ2) is 4.73. The first kappa shape index (κ1) is 13.7. The molecule has 7 nitrogen and oxygen atoms in total. The van der Waals surface area contributed by atoms with Gasteiger partial charge >= 0.3 is 12.1 Å². The lowest BCUT2D eigenvalue weighted by atomic mass is 10.2. The summed E-state index contributed by atoms with van der Waals surface area (Å²) >= 11 is 0. The molecular formula is C12H19N3O4. The monoisotopic (exact) mass is 269 g/mol. The second-order valence-electron chi connectivity index (χ2n) is 5.59. The molecule has 7 heteroatoms. The predicted octanol–water partition coefficient (Wildman–Crippen LogP) is 0.394. The number of nitrogens with zero attached hydrogens (tertiary/aromatic N) is 2. The molecule has 1 amide bonds. The highest BCUT2D eigenvalue weighted by Crippen LogP contribution is 2.26. The average molecular weight is 269 g/mol. The summed E-state index contributed by atoms with van der Waals surface area (Å²) < 4.78 is 5.28. The minimum atomic E-state index is -1.12. The number of carbonyl (C=O) groups excluding carboxylic acids is 1. The van der Waals surface area contributed by atoms with Crippen molar-refractivity contribution in [3.05, 3.63) is 11.9 Å². The number of hydrogen-bond acceptors (Lipinski definition) is 5. The normalized spacial score (nSPS) is 22.9. The third kappa shape index (κ3) is 2.81. The molecule has 2 rings (SSSR count). The van der Waals surface area contributed by atoms with E-state index in [0.29, 0.717) is 13.1 Å². The first-order valence-electron chi connectivity index (χ1n) is 6.23. The van der Waals surface area contributed by atoms with Gasteiger partial charge in [0, 0.05) is 25.8 Å². The van der Waals surface area contributed by atoms with Gasteiger partial charge in [0.1, 0.15) is 11.8 Å². The van der Waals surface area contributed by atoms with E-state index in [1.54, 1.807) is 20.8 Å². The van der Waals surface area contributed by atoms with Gasteiger partial charge in [-0.1, -0.05) is 0 Å². The third-order valence-electron chi connectivity index (χ3n) is 2.91. The molecule has 19 heavy (non-hydrogen) atoms. The molecule has 1 atom stereocenters. The molecule has 0 aliphatic carbocycles. The molecule has 1 fully saturated rings. The van der Waals surface area contributed by atoms with Crippen molar-refractivity contribution >= 4 is 12.1 Å². The Labute approximate surface area is 111 Å². The molecule has 1 unspecified atom stereocenters. The van der Waals surface area contributed by atoms with E-state index in [1.165, 1.54) is 11.1 Å². The largest absolute Gasteiger partial charge is 0.477 e. The van der Waals surface area contributed by atoms with E-state index < -0.39 is 17.7 Å². The number of aliphatic carboxylic acids is 1. The lowest BCUT2D eigenvalue weighted by molar-refractivity contribution is -0.134. The van der Waals surface area contributed by atoms with E-state index in [1.807, 2.05) is 4.90 Å². The number of fused-ring (bicyclic) bond motifs is 1. The zero-order valence-corrected chi connectivity index (χ0v) is 11.3. The molecule has 0 aromatic rings. The molecule has 2 N–H and O–H groups in total. The van der Waals surface area contributed by atoms with Gasteiger partial charge < -0.3 is 20.1 Å². The van der Waals surface area contributed by atoms with Gasteiger partial charge in [0.25, 0.3) is 0 Å². The average Bonchev–Trinajstić information content (AvgIpc) is 2.65. The number of piperazine rings is 1. The zero-order valence-electron chi connectivity index (χ0n) is 11.3. The van der Waals surface area contributed by atoms with Gasteiger partial charge in [0.05, 0.1) is 0 Å². The zero-order chi connectivity index (χ0) is 14.2.